The molecule has 1 aliphatic rings. The van der Waals surface area contributed by atoms with E-state index >= 15 is 0 Å². The van der Waals surface area contributed by atoms with Crippen molar-refractivity contribution < 1.29 is 27.5 Å². The van der Waals surface area contributed by atoms with E-state index in [1.807, 2.05) is 31.2 Å². The van der Waals surface area contributed by atoms with E-state index in [2.05, 4.69) is 5.32 Å². The third kappa shape index (κ3) is 8.36. The topological polar surface area (TPSA) is 105 Å². The summed E-state index contributed by atoms with van der Waals surface area (Å²) >= 11 is 0. The van der Waals surface area contributed by atoms with Crippen LogP contribution in [0.3, 0.4) is 0 Å². The van der Waals surface area contributed by atoms with Gasteiger partial charge in [0.2, 0.25) is 21.8 Å². The summed E-state index contributed by atoms with van der Waals surface area (Å²) in [4.78, 5) is 28.6. The van der Waals surface area contributed by atoms with Crippen molar-refractivity contribution in [2.75, 3.05) is 31.3 Å². The Balaban J connectivity index is 1.77. The summed E-state index contributed by atoms with van der Waals surface area (Å²) in [6.45, 7) is 2.27. The van der Waals surface area contributed by atoms with Crippen LogP contribution in [0.4, 0.5) is 5.69 Å². The normalized spacial score (nSPS) is 14.5. The van der Waals surface area contributed by atoms with Gasteiger partial charge in [-0.25, -0.2) is 8.42 Å². The number of sulfonamides is 1. The van der Waals surface area contributed by atoms with Gasteiger partial charge in [0.1, 0.15) is 17.5 Å². The maximum atomic E-state index is 13.6. The van der Waals surface area contributed by atoms with Gasteiger partial charge in [-0.15, -0.1) is 0 Å². The van der Waals surface area contributed by atoms with E-state index in [4.69, 9.17) is 9.47 Å². The zero-order chi connectivity index (χ0) is 28.4. The van der Waals surface area contributed by atoms with Crippen LogP contribution in [0, 0.1) is 0 Å². The maximum absolute atomic E-state index is 13.6. The number of carbonyl (C=O) groups is 2. The van der Waals surface area contributed by atoms with E-state index in [-0.39, 0.29) is 43.8 Å². The molecule has 1 saturated carbocycles. The quantitative estimate of drug-likeness (QED) is 0.373. The van der Waals surface area contributed by atoms with Gasteiger partial charge in [0.05, 0.1) is 26.2 Å². The predicted octanol–water partition coefficient (Wildman–Crippen LogP) is 4.12. The fourth-order valence-electron chi connectivity index (χ4n) is 5.03. The van der Waals surface area contributed by atoms with Gasteiger partial charge in [-0.1, -0.05) is 44.0 Å². The number of carbonyl (C=O) groups excluding carboxylic acids is 2. The van der Waals surface area contributed by atoms with Gasteiger partial charge in [0.15, 0.2) is 0 Å². The number of ether oxygens (including phenoxy) is 2. The fraction of sp³-hybridized carbons (Fsp3) is 0.517. The summed E-state index contributed by atoms with van der Waals surface area (Å²) < 4.78 is 37.1. The van der Waals surface area contributed by atoms with E-state index in [0.717, 1.165) is 37.5 Å². The molecule has 39 heavy (non-hydrogen) atoms. The molecule has 0 aliphatic heterocycles. The first-order valence-electron chi connectivity index (χ1n) is 13.5. The van der Waals surface area contributed by atoms with Gasteiger partial charge in [-0.2, -0.15) is 0 Å². The Kier molecular flexibility index (Phi) is 11.0. The van der Waals surface area contributed by atoms with Crippen LogP contribution in [0.1, 0.15) is 57.4 Å². The lowest BCUT2D eigenvalue weighted by atomic mass is 10.1. The minimum Gasteiger partial charge on any atom is -0.497 e. The highest BCUT2D eigenvalue weighted by atomic mass is 32.2. The number of nitrogens with zero attached hydrogens (tertiary/aromatic N) is 2. The molecule has 0 heterocycles. The van der Waals surface area contributed by atoms with Crippen molar-refractivity contribution >= 4 is 27.5 Å². The first-order chi connectivity index (χ1) is 18.7. The second-order valence-electron chi connectivity index (χ2n) is 9.89. The second-order valence-corrected chi connectivity index (χ2v) is 11.8. The standard InChI is InChI=1S/C29H41N3O6S/c1-5-25(29(34)30-23-11-6-7-12-23)31(21-22-16-18-24(37-2)19-17-22)28(33)15-10-20-32(39(4,35)36)26-13-8-9-14-27(26)38-3/h8-9,13-14,16-19,23,25H,5-7,10-12,15,20-21H2,1-4H3,(H,30,34)/t25-/m0/s1. The first-order valence-corrected chi connectivity index (χ1v) is 15.4. The van der Waals surface area contributed by atoms with Crippen LogP contribution in [0.5, 0.6) is 11.5 Å². The Labute approximate surface area is 232 Å². The van der Waals surface area contributed by atoms with Crippen molar-refractivity contribution in [2.45, 2.75) is 70.5 Å². The highest BCUT2D eigenvalue weighted by molar-refractivity contribution is 7.92. The number of nitrogens with one attached hydrogen (secondary N) is 1. The smallest absolute Gasteiger partial charge is 0.243 e. The van der Waals surface area contributed by atoms with Crippen molar-refractivity contribution in [1.82, 2.24) is 10.2 Å². The molecule has 1 N–H and O–H groups in total. The van der Waals surface area contributed by atoms with Gasteiger partial charge in [0, 0.05) is 25.6 Å². The number of para-hydroxylation sites is 2. The molecule has 2 aromatic rings. The van der Waals surface area contributed by atoms with E-state index in [1.165, 1.54) is 11.4 Å². The number of anilines is 1. The molecule has 0 bridgehead atoms. The minimum atomic E-state index is -3.62. The Bertz CT molecular complexity index is 1200. The number of hydrogen-bond donors (Lipinski definition) is 1. The highest BCUT2D eigenvalue weighted by Gasteiger charge is 2.31. The maximum Gasteiger partial charge on any atom is 0.243 e. The number of hydrogen-bond acceptors (Lipinski definition) is 6. The van der Waals surface area contributed by atoms with Gasteiger partial charge in [0.25, 0.3) is 0 Å². The molecule has 0 saturated heterocycles. The van der Waals surface area contributed by atoms with E-state index in [9.17, 15) is 18.0 Å². The van der Waals surface area contributed by atoms with Crippen molar-refractivity contribution in [3.63, 3.8) is 0 Å². The number of benzene rings is 2. The number of methoxy groups -OCH3 is 2. The van der Waals surface area contributed by atoms with Crippen LogP contribution >= 0.6 is 0 Å². The van der Waals surface area contributed by atoms with Gasteiger partial charge in [-0.05, 0) is 55.5 Å². The van der Waals surface area contributed by atoms with Crippen LogP contribution < -0.4 is 19.1 Å². The molecule has 10 heteroatoms. The van der Waals surface area contributed by atoms with E-state index < -0.39 is 16.1 Å². The molecule has 0 radical (unpaired) electrons. The Morgan fingerprint density at radius 3 is 2.28 bits per heavy atom. The van der Waals surface area contributed by atoms with Crippen LogP contribution in [-0.4, -0.2) is 64.2 Å². The molecule has 0 aromatic heterocycles. The third-order valence-corrected chi connectivity index (χ3v) is 8.29. The molecule has 1 atom stereocenters. The van der Waals surface area contributed by atoms with Crippen molar-refractivity contribution in [2.24, 2.45) is 0 Å². The Morgan fingerprint density at radius 2 is 1.69 bits per heavy atom. The van der Waals surface area contributed by atoms with Crippen molar-refractivity contribution in [1.29, 1.82) is 0 Å². The van der Waals surface area contributed by atoms with Gasteiger partial charge >= 0.3 is 0 Å². The molecule has 2 amide bonds. The van der Waals surface area contributed by atoms with Crippen LogP contribution in [-0.2, 0) is 26.2 Å². The average Bonchev–Trinajstić information content (AvgIpc) is 3.43. The largest absolute Gasteiger partial charge is 0.497 e. The molecule has 214 valence electrons. The summed E-state index contributed by atoms with van der Waals surface area (Å²) in [7, 11) is -0.538. The zero-order valence-electron chi connectivity index (χ0n) is 23.4. The molecule has 0 spiro atoms. The lowest BCUT2D eigenvalue weighted by molar-refractivity contribution is -0.141. The lowest BCUT2D eigenvalue weighted by Gasteiger charge is -2.32. The van der Waals surface area contributed by atoms with Crippen molar-refractivity contribution in [3.8, 4) is 11.5 Å². The van der Waals surface area contributed by atoms with Crippen LogP contribution in [0.15, 0.2) is 48.5 Å². The monoisotopic (exact) mass is 559 g/mol. The summed E-state index contributed by atoms with van der Waals surface area (Å²) in [6, 6.07) is 13.8. The third-order valence-electron chi connectivity index (χ3n) is 7.11. The average molecular weight is 560 g/mol. The van der Waals surface area contributed by atoms with Gasteiger partial charge in [-0.3, -0.25) is 13.9 Å². The fourth-order valence-corrected chi connectivity index (χ4v) is 6.00. The molecule has 0 unspecified atom stereocenters. The lowest BCUT2D eigenvalue weighted by Crippen LogP contribution is -2.51. The summed E-state index contributed by atoms with van der Waals surface area (Å²) in [5.41, 5.74) is 1.30. The Morgan fingerprint density at radius 1 is 1.03 bits per heavy atom. The molecule has 3 rings (SSSR count). The summed E-state index contributed by atoms with van der Waals surface area (Å²) in [5, 5.41) is 3.14. The first kappa shape index (κ1) is 30.3. The second kappa shape index (κ2) is 14.2. The Hall–Kier alpha value is -3.27. The minimum absolute atomic E-state index is 0.0878. The van der Waals surface area contributed by atoms with E-state index in [1.54, 1.807) is 36.3 Å². The van der Waals surface area contributed by atoms with E-state index in [0.29, 0.717) is 23.6 Å². The molecule has 2 aromatic carbocycles. The molecule has 9 nitrogen and oxygen atoms in total. The summed E-state index contributed by atoms with van der Waals surface area (Å²) in [5.74, 6) is 0.802. The van der Waals surface area contributed by atoms with Crippen LogP contribution in [0.2, 0.25) is 0 Å². The van der Waals surface area contributed by atoms with Gasteiger partial charge < -0.3 is 19.7 Å². The molecule has 1 fully saturated rings. The molecular formula is C29H41N3O6S. The van der Waals surface area contributed by atoms with Crippen LogP contribution in [0.25, 0.3) is 0 Å². The zero-order valence-corrected chi connectivity index (χ0v) is 24.2. The SMILES string of the molecule is CC[C@@H](C(=O)NC1CCCC1)N(Cc1ccc(OC)cc1)C(=O)CCCN(c1ccccc1OC)S(C)(=O)=O. The molecular weight excluding hydrogens is 518 g/mol. The number of rotatable bonds is 14. The summed E-state index contributed by atoms with van der Waals surface area (Å²) in [6.07, 6.45) is 6.08. The number of amides is 2. The highest BCUT2D eigenvalue weighted by Crippen LogP contribution is 2.30. The predicted molar refractivity (Wildman–Crippen MR) is 152 cm³/mol. The molecule has 1 aliphatic carbocycles. The van der Waals surface area contributed by atoms with Crippen molar-refractivity contribution in [3.05, 3.63) is 54.1 Å².